The summed E-state index contributed by atoms with van der Waals surface area (Å²) in [6.07, 6.45) is -12.6. The molecule has 7 aliphatic rings. The molecular formula is C51H78O18. The molecule has 2 aliphatic heterocycles. The Morgan fingerprint density at radius 3 is 1.88 bits per heavy atom. The van der Waals surface area contributed by atoms with Gasteiger partial charge in [-0.05, 0) is 100 Å². The largest absolute Gasteiger partial charge is 0.479 e. The van der Waals surface area contributed by atoms with E-state index in [0.29, 0.717) is 44.1 Å². The van der Waals surface area contributed by atoms with Gasteiger partial charge in [-0.2, -0.15) is 0 Å². The van der Waals surface area contributed by atoms with Crippen molar-refractivity contribution >= 4 is 17.9 Å². The van der Waals surface area contributed by atoms with E-state index in [2.05, 4.69) is 33.8 Å². The van der Waals surface area contributed by atoms with Gasteiger partial charge in [0.1, 0.15) is 42.7 Å². The fraction of sp³-hybridized carbons (Fsp3) is 0.824. The van der Waals surface area contributed by atoms with Gasteiger partial charge in [0.15, 0.2) is 24.8 Å². The lowest BCUT2D eigenvalue weighted by atomic mass is 9.32. The normalized spacial score (nSPS) is 48.2. The summed E-state index contributed by atoms with van der Waals surface area (Å²) in [5.74, 6) is -3.57. The van der Waals surface area contributed by atoms with Gasteiger partial charge in [-0.3, -0.25) is 0 Å². The van der Waals surface area contributed by atoms with Crippen molar-refractivity contribution in [2.45, 2.75) is 201 Å². The lowest BCUT2D eigenvalue weighted by Crippen LogP contribution is -2.76. The highest BCUT2D eigenvalue weighted by Gasteiger charge is 2.76. The molecule has 18 nitrogen and oxygen atoms in total. The van der Waals surface area contributed by atoms with Crippen LogP contribution in [0.2, 0.25) is 0 Å². The van der Waals surface area contributed by atoms with E-state index in [1.54, 1.807) is 39.8 Å². The summed E-state index contributed by atoms with van der Waals surface area (Å²) in [7, 11) is 0. The number of rotatable bonds is 11. The van der Waals surface area contributed by atoms with Gasteiger partial charge >= 0.3 is 17.9 Å². The number of aliphatic hydroxyl groups excluding tert-OH is 8. The third-order valence-electron chi connectivity index (χ3n) is 19.2. The van der Waals surface area contributed by atoms with Crippen LogP contribution < -0.4 is 0 Å². The quantitative estimate of drug-likeness (QED) is 0.0622. The maximum atomic E-state index is 13.7. The van der Waals surface area contributed by atoms with Crippen LogP contribution in [0.4, 0.5) is 0 Å². The Morgan fingerprint density at radius 2 is 1.33 bits per heavy atom. The van der Waals surface area contributed by atoms with Crippen LogP contribution in [-0.2, 0) is 42.8 Å². The molecule has 0 spiro atoms. The molecule has 7 rings (SSSR count). The first-order chi connectivity index (χ1) is 32.1. The first-order valence-electron chi connectivity index (χ1n) is 24.6. The number of aliphatic carboxylic acids is 1. The number of carbonyl (C=O) groups is 3. The average Bonchev–Trinajstić information content (AvgIpc) is 3.57. The van der Waals surface area contributed by atoms with Gasteiger partial charge in [-0.25, -0.2) is 14.4 Å². The summed E-state index contributed by atoms with van der Waals surface area (Å²) in [6, 6.07) is 0. The van der Waals surface area contributed by atoms with Crippen LogP contribution in [-0.4, -0.2) is 163 Å². The molecule has 9 N–H and O–H groups in total. The van der Waals surface area contributed by atoms with E-state index in [-0.39, 0.29) is 17.4 Å². The number of fused-ring (bicyclic) bond motifs is 7. The number of carboxylic acid groups (broad SMARTS) is 1. The van der Waals surface area contributed by atoms with Gasteiger partial charge in [0.25, 0.3) is 0 Å². The SMILES string of the molecule is CC=C(C)C(=O)O[C@H]1[C@H](OC(=O)C(C)=CC)[C@@]2(CO)C(CC1(C)C)C1=CCC3[C@@]4(C)CC[C@H](O[C@@H]5OC(C(=O)O)[C@@H](O)[C@@H](O[C@@H]6O[C@@H](CO)[C@@H](O)C6O)C5O)C(C)(C)C4CC[C@@]3(C)[C@]1(C)[C@@H](O)[C@H]2O. The number of allylic oxidation sites excluding steroid dienone is 3. The summed E-state index contributed by atoms with van der Waals surface area (Å²) < 4.78 is 36.0. The summed E-state index contributed by atoms with van der Waals surface area (Å²) in [4.78, 5) is 39.6. The number of esters is 2. The van der Waals surface area contributed by atoms with Crippen LogP contribution >= 0.6 is 0 Å². The van der Waals surface area contributed by atoms with Crippen molar-refractivity contribution in [3.05, 3.63) is 34.9 Å². The standard InChI is InChI=1S/C51H78O18/c1-12-23(3)42(62)68-39-40(69-43(63)24(4)13-2)51(22-53)26(20-46(39,5)6)25-14-15-29-48(9)18-17-30(47(7,8)28(48)16-19-49(29,10)50(25,11)37(58)38(51)59)65-45-34(57)35(33(56)36(67-45)41(60)61)66-44-32(55)31(54)27(21-52)64-44/h12-14,26-40,44-45,52-59H,15-22H2,1-11H3,(H,60,61)/t26?,27-,28?,29?,30-,31+,32?,33-,34?,35+,36?,37-,38+,39-,40-,44-,45+,48-,49+,50-,51-/m0/s1. The Balaban J connectivity index is 1.20. The second kappa shape index (κ2) is 18.9. The summed E-state index contributed by atoms with van der Waals surface area (Å²) in [5, 5.41) is 101. The molecule has 0 amide bonds. The van der Waals surface area contributed by atoms with Crippen molar-refractivity contribution in [2.75, 3.05) is 13.2 Å². The summed E-state index contributed by atoms with van der Waals surface area (Å²) in [5.41, 5.74) is -3.75. The van der Waals surface area contributed by atoms with E-state index in [1.807, 2.05) is 20.8 Å². The Bertz CT molecular complexity index is 2070. The number of ether oxygens (including phenoxy) is 6. The van der Waals surface area contributed by atoms with Crippen molar-refractivity contribution in [3.63, 3.8) is 0 Å². The zero-order valence-corrected chi connectivity index (χ0v) is 41.9. The Labute approximate surface area is 404 Å². The van der Waals surface area contributed by atoms with Gasteiger partial charge in [0.2, 0.25) is 0 Å². The van der Waals surface area contributed by atoms with Crippen LogP contribution in [0.25, 0.3) is 0 Å². The fourth-order valence-electron chi connectivity index (χ4n) is 14.8. The number of hydrogen-bond acceptors (Lipinski definition) is 17. The van der Waals surface area contributed by atoms with Gasteiger partial charge in [0.05, 0.1) is 36.9 Å². The second-order valence-electron chi connectivity index (χ2n) is 23.2. The lowest BCUT2D eigenvalue weighted by Gasteiger charge is -2.73. The third kappa shape index (κ3) is 8.10. The molecule has 0 aromatic rings. The maximum Gasteiger partial charge on any atom is 0.335 e. The molecule has 390 valence electrons. The van der Waals surface area contributed by atoms with Crippen molar-refractivity contribution in [3.8, 4) is 0 Å². The highest BCUT2D eigenvalue weighted by atomic mass is 16.7. The molecule has 5 aliphatic carbocycles. The Morgan fingerprint density at radius 1 is 0.739 bits per heavy atom. The number of carboxylic acids is 1. The molecule has 18 heteroatoms. The molecule has 0 aromatic heterocycles. The van der Waals surface area contributed by atoms with E-state index >= 15 is 0 Å². The molecule has 2 saturated heterocycles. The van der Waals surface area contributed by atoms with Crippen LogP contribution in [0.5, 0.6) is 0 Å². The highest BCUT2D eigenvalue weighted by molar-refractivity contribution is 5.89. The molecule has 0 bridgehead atoms. The molecular weight excluding hydrogens is 901 g/mol. The average molecular weight is 979 g/mol. The van der Waals surface area contributed by atoms with E-state index in [0.717, 1.165) is 5.57 Å². The molecule has 0 aromatic carbocycles. The van der Waals surface area contributed by atoms with Crippen LogP contribution in [0.3, 0.4) is 0 Å². The van der Waals surface area contributed by atoms with Crippen LogP contribution in [0.15, 0.2) is 34.9 Å². The predicted molar refractivity (Wildman–Crippen MR) is 244 cm³/mol. The molecule has 21 atom stereocenters. The minimum Gasteiger partial charge on any atom is -0.479 e. The van der Waals surface area contributed by atoms with E-state index in [1.165, 1.54) is 0 Å². The third-order valence-corrected chi connectivity index (χ3v) is 19.2. The smallest absolute Gasteiger partial charge is 0.335 e. The second-order valence-corrected chi connectivity index (χ2v) is 23.2. The van der Waals surface area contributed by atoms with Gasteiger partial charge < -0.3 is 74.4 Å². The zero-order chi connectivity index (χ0) is 51.3. The lowest BCUT2D eigenvalue weighted by molar-refractivity contribution is -0.344. The fourth-order valence-corrected chi connectivity index (χ4v) is 14.8. The van der Waals surface area contributed by atoms with Crippen molar-refractivity contribution in [1.82, 2.24) is 0 Å². The maximum absolute atomic E-state index is 13.7. The molecule has 2 heterocycles. The van der Waals surface area contributed by atoms with Gasteiger partial charge in [0, 0.05) is 22.0 Å². The molecule has 0 radical (unpaired) electrons. The van der Waals surface area contributed by atoms with Crippen LogP contribution in [0, 0.1) is 50.2 Å². The minimum absolute atomic E-state index is 0.0292. The molecule has 69 heavy (non-hydrogen) atoms. The van der Waals surface area contributed by atoms with Gasteiger partial charge in [-0.1, -0.05) is 72.3 Å². The van der Waals surface area contributed by atoms with Crippen molar-refractivity contribution in [2.24, 2.45) is 50.2 Å². The Hall–Kier alpha value is -2.85. The highest BCUT2D eigenvalue weighted by Crippen LogP contribution is 2.76. The topological polar surface area (TPSA) is 289 Å². The number of hydrogen-bond donors (Lipinski definition) is 9. The molecule has 6 unspecified atom stereocenters. The predicted octanol–water partition coefficient (Wildman–Crippen LogP) is 2.44. The van der Waals surface area contributed by atoms with Gasteiger partial charge in [-0.15, -0.1) is 0 Å². The van der Waals surface area contributed by atoms with Crippen molar-refractivity contribution < 1.29 is 88.8 Å². The first-order valence-corrected chi connectivity index (χ1v) is 24.6. The molecule has 4 saturated carbocycles. The van der Waals surface area contributed by atoms with Crippen LogP contribution in [0.1, 0.15) is 115 Å². The van der Waals surface area contributed by atoms with E-state index in [4.69, 9.17) is 28.4 Å². The van der Waals surface area contributed by atoms with Crippen molar-refractivity contribution in [1.29, 1.82) is 0 Å². The van der Waals surface area contributed by atoms with E-state index < -0.39 is 155 Å². The number of aliphatic hydroxyl groups is 8. The summed E-state index contributed by atoms with van der Waals surface area (Å²) >= 11 is 0. The first kappa shape index (κ1) is 53.9. The number of carbonyl (C=O) groups excluding carboxylic acids is 2. The van der Waals surface area contributed by atoms with E-state index in [9.17, 15) is 60.3 Å². The molecule has 6 fully saturated rings. The Kier molecular flexibility index (Phi) is 14.8. The minimum atomic E-state index is -1.94. The zero-order valence-electron chi connectivity index (χ0n) is 41.9. The summed E-state index contributed by atoms with van der Waals surface area (Å²) in [6.45, 7) is 19.7. The monoisotopic (exact) mass is 979 g/mol.